The Kier molecular flexibility index (Phi) is 32.4. The molecule has 0 aliphatic carbocycles. The van der Waals surface area contributed by atoms with E-state index in [1.807, 2.05) is 193 Å². The van der Waals surface area contributed by atoms with Crippen molar-refractivity contribution in [3.63, 3.8) is 0 Å². The fourth-order valence-corrected chi connectivity index (χ4v) is 18.7. The monoisotopic (exact) mass is 1940 g/mol. The number of nitrogens with zero attached hydrogens (tertiary/aromatic N) is 5. The van der Waals surface area contributed by atoms with E-state index in [4.69, 9.17) is 28.8 Å². The van der Waals surface area contributed by atoms with E-state index in [1.54, 1.807) is 36.4 Å². The van der Waals surface area contributed by atoms with Gasteiger partial charge in [-0.2, -0.15) is 0 Å². The number of phenolic OH excluding ortho intramolecular Hbond substituents is 1. The van der Waals surface area contributed by atoms with Crippen LogP contribution in [-0.2, 0) is 85.2 Å². The highest BCUT2D eigenvalue weighted by molar-refractivity contribution is 7.81. The molecule has 12 aromatic rings. The van der Waals surface area contributed by atoms with E-state index >= 15 is 0 Å². The summed E-state index contributed by atoms with van der Waals surface area (Å²) in [5.41, 5.74) is 27.3. The van der Waals surface area contributed by atoms with Crippen LogP contribution in [0.2, 0.25) is 0 Å². The van der Waals surface area contributed by atoms with Crippen molar-refractivity contribution in [2.24, 2.45) is 11.5 Å². The number of aromatic hydroxyl groups is 1. The first-order valence-electron chi connectivity index (χ1n) is 46.3. The summed E-state index contributed by atoms with van der Waals surface area (Å²) in [5.74, 6) is -15.1. The maximum absolute atomic E-state index is 14.3. The van der Waals surface area contributed by atoms with Gasteiger partial charge in [0.15, 0.2) is 23.3 Å². The molecule has 0 saturated carbocycles. The minimum atomic E-state index is -2.02. The zero-order valence-electron chi connectivity index (χ0n) is 79.1. The second-order valence-electron chi connectivity index (χ2n) is 36.1. The van der Waals surface area contributed by atoms with E-state index in [-0.39, 0.29) is 109 Å². The number of rotatable bonds is 25. The standard InChI is InChI=1S/C26H28N4O6.C24H26N4O5.C20H17F4NOS.C20H21NO2.C18H17NO3/c27-19(11-17-13-28-20-8-4-3-7-18(17)20)25(34)30-14-16-6-2-1-5-15(16)12-22(30)24(33)29-21(26(35)36)9-10-23(31)32;25-18(9-16-11-26-19-8-4-3-7-17(16)19)23(31)28-12-15-6-2-1-5-14(15)10-21(28)22(30)27-20(13-29)24(32)33;1-8(2)10-6-5-7-11(9(3)4)18(10)25-19(26)12-13(20(25)27)15(22)17(24)16(23)14(12)21;1-12(2)14-10-7-11-15(13(3)4)18(14)21-19(22)16-8-5-6-9-17(16)20(21)23;1-3-11-6-5-7-12(4-2)16(11)19-17(21)14-9-8-13(20)10-15(14)18(19)22/h1-8,13,19,21-22,28H,9-12,14,27H2,(H,29,33)(H,31,32)(H,35,36);1-8,11,18,20-21,26,29H,9-10,12-13,25H2,(H,27,30)(H,32,33);5-9H,1-4H3;5-13H,1-4H3;5-10,20H,3-4H2,1-2H3/t19-,21+,22-;18-,20+,21-;;;/m00.../s1. The highest BCUT2D eigenvalue weighted by Crippen LogP contribution is 2.45. The molecule has 0 saturated heterocycles. The van der Waals surface area contributed by atoms with Gasteiger partial charge in [-0.15, -0.1) is 0 Å². The smallest absolute Gasteiger partial charge is 0.328 e. The van der Waals surface area contributed by atoms with Crippen molar-refractivity contribution in [1.82, 2.24) is 30.4 Å². The fourth-order valence-electron chi connectivity index (χ4n) is 18.3. The Morgan fingerprint density at radius 1 is 0.433 bits per heavy atom. The number of aliphatic hydroxyl groups is 1. The number of carbonyl (C=O) groups excluding carboxylic acids is 9. The summed E-state index contributed by atoms with van der Waals surface area (Å²) in [7, 11) is 0. The topological polar surface area (TPSA) is 430 Å². The minimum Gasteiger partial charge on any atom is -0.508 e. The van der Waals surface area contributed by atoms with Gasteiger partial charge in [-0.25, -0.2) is 37.0 Å². The van der Waals surface area contributed by atoms with Gasteiger partial charge in [0.25, 0.3) is 29.5 Å². The third-order valence-electron chi connectivity index (χ3n) is 25.7. The lowest BCUT2D eigenvalue weighted by molar-refractivity contribution is -0.147. The summed E-state index contributed by atoms with van der Waals surface area (Å²) in [6.07, 6.45) is 5.39. The molecule has 33 heteroatoms. The fraction of sp³-hybridized carbons (Fsp3) is 0.287. The van der Waals surface area contributed by atoms with E-state index in [1.165, 1.54) is 37.8 Å². The number of anilines is 3. The molecule has 9 amide bonds. The molecular formula is C108H109F4N11O17S. The van der Waals surface area contributed by atoms with Gasteiger partial charge in [0.2, 0.25) is 23.6 Å². The number of aryl methyl sites for hydroxylation is 2. The van der Waals surface area contributed by atoms with Crippen LogP contribution < -0.4 is 36.8 Å². The number of thiocarbonyl (C=S) groups is 1. The van der Waals surface area contributed by atoms with Crippen LogP contribution in [0.5, 0.6) is 5.75 Å². The zero-order chi connectivity index (χ0) is 102. The molecular weight excluding hydrogens is 1830 g/mol. The number of aromatic nitrogens is 2. The van der Waals surface area contributed by atoms with Crippen LogP contribution >= 0.6 is 12.2 Å². The Bertz CT molecular complexity index is 6780. The van der Waals surface area contributed by atoms with E-state index in [0.717, 1.165) is 112 Å². The Balaban J connectivity index is 0.000000150. The number of nitrogens with one attached hydrogen (secondary N) is 4. The van der Waals surface area contributed by atoms with Gasteiger partial charge in [0.05, 0.1) is 69.1 Å². The largest absolute Gasteiger partial charge is 0.508 e. The Hall–Kier alpha value is -15.2. The van der Waals surface area contributed by atoms with Crippen LogP contribution in [0.25, 0.3) is 21.8 Å². The van der Waals surface area contributed by atoms with Crippen LogP contribution in [0.15, 0.2) is 207 Å². The molecule has 0 radical (unpaired) electrons. The third-order valence-corrected chi connectivity index (χ3v) is 26.1. The Morgan fingerprint density at radius 3 is 1.21 bits per heavy atom. The third kappa shape index (κ3) is 21.5. The number of imide groups is 2. The van der Waals surface area contributed by atoms with Crippen molar-refractivity contribution in [3.05, 3.63) is 330 Å². The lowest BCUT2D eigenvalue weighted by atomic mass is 9.92. The van der Waals surface area contributed by atoms with E-state index in [9.17, 15) is 95.5 Å². The average molecular weight is 1940 g/mol. The lowest BCUT2D eigenvalue weighted by Gasteiger charge is -2.37. The summed E-state index contributed by atoms with van der Waals surface area (Å²) in [5, 5.41) is 53.1. The molecule has 17 rings (SSSR count). The van der Waals surface area contributed by atoms with Crippen LogP contribution in [0, 0.1) is 23.3 Å². The number of carbonyl (C=O) groups is 12. The molecule has 0 bridgehead atoms. The van der Waals surface area contributed by atoms with Crippen LogP contribution in [0.3, 0.4) is 0 Å². The van der Waals surface area contributed by atoms with Crippen LogP contribution in [0.1, 0.15) is 230 Å². The number of carboxylic acids is 3. The Labute approximate surface area is 815 Å². The number of phenols is 1. The predicted octanol–water partition coefficient (Wildman–Crippen LogP) is 15.9. The normalized spacial score (nSPS) is 15.4. The van der Waals surface area contributed by atoms with Gasteiger partial charge in [0.1, 0.15) is 34.9 Å². The summed E-state index contributed by atoms with van der Waals surface area (Å²) in [6, 6.07) is 52.3. The van der Waals surface area contributed by atoms with E-state index < -0.39 is 131 Å². The van der Waals surface area contributed by atoms with Gasteiger partial charge in [-0.05, 0) is 165 Å². The van der Waals surface area contributed by atoms with Crippen LogP contribution in [0.4, 0.5) is 34.6 Å². The molecule has 10 aromatic carbocycles. The van der Waals surface area contributed by atoms with Gasteiger partial charge < -0.3 is 67.4 Å². The molecule has 6 atom stereocenters. The molecule has 0 fully saturated rings. The summed E-state index contributed by atoms with van der Waals surface area (Å²) in [6.45, 7) is 19.5. The first-order chi connectivity index (χ1) is 67.2. The molecule has 28 nitrogen and oxygen atoms in total. The molecule has 7 heterocycles. The maximum Gasteiger partial charge on any atom is 0.328 e. The van der Waals surface area contributed by atoms with Crippen molar-refractivity contribution in [2.45, 2.75) is 194 Å². The number of benzene rings is 10. The molecule has 5 aliphatic heterocycles. The molecule has 732 valence electrons. The first kappa shape index (κ1) is 103. The maximum atomic E-state index is 14.3. The number of fused-ring (bicyclic) bond motifs is 7. The number of nitrogens with two attached hydrogens (primary N) is 2. The summed E-state index contributed by atoms with van der Waals surface area (Å²) < 4.78 is 56.0. The van der Waals surface area contributed by atoms with Crippen molar-refractivity contribution in [1.29, 1.82) is 0 Å². The molecule has 0 unspecified atom stereocenters. The summed E-state index contributed by atoms with van der Waals surface area (Å²) >= 11 is 5.21. The Morgan fingerprint density at radius 2 is 0.801 bits per heavy atom. The van der Waals surface area contributed by atoms with Gasteiger partial charge in [-0.1, -0.05) is 233 Å². The van der Waals surface area contributed by atoms with Gasteiger partial charge >= 0.3 is 17.9 Å². The summed E-state index contributed by atoms with van der Waals surface area (Å²) in [4.78, 5) is 163. The van der Waals surface area contributed by atoms with Crippen molar-refractivity contribution < 1.29 is 101 Å². The molecule has 5 aliphatic rings. The zero-order valence-corrected chi connectivity index (χ0v) is 79.9. The number of halogens is 4. The number of carboxylic acid groups (broad SMARTS) is 3. The molecule has 141 heavy (non-hydrogen) atoms. The number of aliphatic hydroxyl groups excluding tert-OH is 1. The van der Waals surface area contributed by atoms with Crippen LogP contribution in [-0.4, -0.2) is 164 Å². The lowest BCUT2D eigenvalue weighted by Crippen LogP contribution is -2.59. The van der Waals surface area contributed by atoms with Gasteiger partial charge in [-0.3, -0.25) is 52.8 Å². The molecule has 13 N–H and O–H groups in total. The molecule has 2 aromatic heterocycles. The number of H-pyrrole nitrogens is 2. The number of hydrogen-bond donors (Lipinski definition) is 11. The van der Waals surface area contributed by atoms with E-state index in [0.29, 0.717) is 28.1 Å². The minimum absolute atomic E-state index is 0.0127. The number of para-hydroxylation sites is 5. The molecule has 0 spiro atoms. The number of aliphatic carboxylic acids is 3. The highest BCUT2D eigenvalue weighted by Gasteiger charge is 2.47. The SMILES string of the molecule is CC(C)c1cccc(C(C)C)c1N1C(=O)c2c(F)c(F)c(F)c(F)c2C1=S.CC(C)c1cccc(C(C)C)c1N1C(=O)c2ccccc2C1=O.CCc1cccc(CC)c1N1C(=O)c2ccc(O)cc2C1=O.N[C@@H](Cc1c[nH]c2ccccc12)C(=O)N1Cc2ccccc2C[C@H]1C(=O)N[C@H](CCC(=O)O)C(=O)O.N[C@@H](Cc1c[nH]c2ccccc12)C(=O)N1Cc2ccccc2C[C@H]1C(=O)N[C@H](CO)C(=O)O. The number of hydrogen-bond acceptors (Lipinski definition) is 17. The van der Waals surface area contributed by atoms with Crippen molar-refractivity contribution >= 4 is 127 Å². The number of aromatic amines is 2. The predicted molar refractivity (Wildman–Crippen MR) is 528 cm³/mol. The quantitative estimate of drug-likeness (QED) is 0.00832. The van der Waals surface area contributed by atoms with E-state index in [2.05, 4.69) is 48.3 Å². The number of amides is 9. The second kappa shape index (κ2) is 44.3. The highest BCUT2D eigenvalue weighted by atomic mass is 32.1. The average Bonchev–Trinajstić information content (AvgIpc) is 1.56. The second-order valence-corrected chi connectivity index (χ2v) is 36.5. The van der Waals surface area contributed by atoms with Crippen molar-refractivity contribution in [2.75, 3.05) is 21.3 Å². The first-order valence-corrected chi connectivity index (χ1v) is 46.7. The van der Waals surface area contributed by atoms with Gasteiger partial charge in [0, 0.05) is 66.6 Å². The van der Waals surface area contributed by atoms with Crippen molar-refractivity contribution in [3.8, 4) is 5.75 Å².